The summed E-state index contributed by atoms with van der Waals surface area (Å²) >= 11 is 7.00. The number of carbonyl (C=O) groups excluding carboxylic acids is 1. The van der Waals surface area contributed by atoms with Crippen LogP contribution in [0.5, 0.6) is 5.88 Å². The Hall–Kier alpha value is -1.46. The summed E-state index contributed by atoms with van der Waals surface area (Å²) in [5.41, 5.74) is 1.19. The van der Waals surface area contributed by atoms with Gasteiger partial charge in [-0.05, 0) is 6.07 Å². The van der Waals surface area contributed by atoms with Crippen LogP contribution in [0.15, 0.2) is 24.3 Å². The highest BCUT2D eigenvalue weighted by Gasteiger charge is 2.15. The molecule has 0 aliphatic heterocycles. The van der Waals surface area contributed by atoms with Crippen LogP contribution < -0.4 is 4.74 Å². The van der Waals surface area contributed by atoms with Crippen LogP contribution in [0.4, 0.5) is 0 Å². The molecular weight excluding hydrogens is 248 g/mol. The van der Waals surface area contributed by atoms with Crippen molar-refractivity contribution in [2.24, 2.45) is 0 Å². The van der Waals surface area contributed by atoms with Gasteiger partial charge in [-0.2, -0.15) is 4.37 Å². The number of aromatic nitrogens is 2. The minimum absolute atomic E-state index is 0.200. The fraction of sp³-hybridized carbons (Fsp3) is 0.100. The first-order valence-corrected chi connectivity index (χ1v) is 5.55. The predicted octanol–water partition coefficient (Wildman–Crippen LogP) is 2.78. The molecule has 16 heavy (non-hydrogen) atoms. The Kier molecular flexibility index (Phi) is 3.17. The summed E-state index contributed by atoms with van der Waals surface area (Å²) in [6.07, 6.45) is 0. The Morgan fingerprint density at radius 3 is 2.81 bits per heavy atom. The van der Waals surface area contributed by atoms with Crippen LogP contribution in [0, 0.1) is 0 Å². The Morgan fingerprint density at radius 2 is 2.12 bits per heavy atom. The first-order valence-electron chi connectivity index (χ1n) is 4.44. The van der Waals surface area contributed by atoms with E-state index in [4.69, 9.17) is 16.3 Å². The second-order valence-electron chi connectivity index (χ2n) is 2.99. The van der Waals surface area contributed by atoms with E-state index in [0.717, 1.165) is 11.7 Å². The molecule has 0 saturated heterocycles. The van der Waals surface area contributed by atoms with Gasteiger partial charge < -0.3 is 4.74 Å². The molecule has 1 aromatic heterocycles. The zero-order chi connectivity index (χ0) is 11.5. The fourth-order valence-electron chi connectivity index (χ4n) is 1.20. The standard InChI is InChI=1S/C10H7ClN2O2S/c1-6(14)15-10-9(12-16-13-10)7-4-2-3-5-8(7)11/h2-5H,1H3. The Labute approximate surface area is 101 Å². The summed E-state index contributed by atoms with van der Waals surface area (Å²) in [7, 11) is 0. The molecule has 0 bridgehead atoms. The van der Waals surface area contributed by atoms with Crippen molar-refractivity contribution < 1.29 is 9.53 Å². The molecule has 0 N–H and O–H groups in total. The third kappa shape index (κ3) is 2.20. The fourth-order valence-corrected chi connectivity index (χ4v) is 1.92. The lowest BCUT2D eigenvalue weighted by molar-refractivity contribution is -0.132. The van der Waals surface area contributed by atoms with Crippen molar-refractivity contribution in [2.45, 2.75) is 6.92 Å². The number of rotatable bonds is 2. The molecule has 0 unspecified atom stereocenters. The van der Waals surface area contributed by atoms with Crippen molar-refractivity contribution in [3.8, 4) is 17.1 Å². The molecule has 1 aromatic carbocycles. The van der Waals surface area contributed by atoms with Gasteiger partial charge >= 0.3 is 5.97 Å². The highest BCUT2D eigenvalue weighted by molar-refractivity contribution is 6.99. The molecule has 0 spiro atoms. The Morgan fingerprint density at radius 1 is 1.38 bits per heavy atom. The lowest BCUT2D eigenvalue weighted by Crippen LogP contribution is -2.02. The summed E-state index contributed by atoms with van der Waals surface area (Å²) in [4.78, 5) is 10.9. The lowest BCUT2D eigenvalue weighted by Gasteiger charge is -2.02. The number of ether oxygens (including phenoxy) is 1. The molecular formula is C10H7ClN2O2S. The van der Waals surface area contributed by atoms with Crippen molar-refractivity contribution in [3.63, 3.8) is 0 Å². The van der Waals surface area contributed by atoms with E-state index in [1.807, 2.05) is 12.1 Å². The first kappa shape index (κ1) is 11.0. The Balaban J connectivity index is 2.45. The van der Waals surface area contributed by atoms with Crippen LogP contribution in [0.1, 0.15) is 6.92 Å². The summed E-state index contributed by atoms with van der Waals surface area (Å²) in [5.74, 6) is -0.230. The van der Waals surface area contributed by atoms with E-state index < -0.39 is 5.97 Å². The molecule has 1 heterocycles. The van der Waals surface area contributed by atoms with Gasteiger partial charge in [0, 0.05) is 12.5 Å². The van der Waals surface area contributed by atoms with Crippen LogP contribution in [-0.4, -0.2) is 14.7 Å². The molecule has 0 fully saturated rings. The minimum atomic E-state index is -0.430. The minimum Gasteiger partial charge on any atom is -0.404 e. The normalized spacial score (nSPS) is 10.1. The molecule has 2 rings (SSSR count). The maximum atomic E-state index is 10.9. The van der Waals surface area contributed by atoms with Crippen LogP contribution in [-0.2, 0) is 4.79 Å². The van der Waals surface area contributed by atoms with Crippen LogP contribution >= 0.6 is 23.3 Å². The number of carbonyl (C=O) groups is 1. The third-order valence-electron chi connectivity index (χ3n) is 1.83. The maximum Gasteiger partial charge on any atom is 0.309 e. The van der Waals surface area contributed by atoms with Gasteiger partial charge in [-0.15, -0.1) is 4.37 Å². The van der Waals surface area contributed by atoms with Gasteiger partial charge in [0.2, 0.25) is 0 Å². The number of nitrogens with zero attached hydrogens (tertiary/aromatic N) is 2. The number of hydrogen-bond acceptors (Lipinski definition) is 5. The lowest BCUT2D eigenvalue weighted by atomic mass is 10.1. The number of esters is 1. The second-order valence-corrected chi connectivity index (χ2v) is 3.93. The van der Waals surface area contributed by atoms with E-state index in [-0.39, 0.29) is 5.88 Å². The first-order chi connectivity index (χ1) is 7.68. The highest BCUT2D eigenvalue weighted by atomic mass is 35.5. The van der Waals surface area contributed by atoms with E-state index >= 15 is 0 Å². The highest BCUT2D eigenvalue weighted by Crippen LogP contribution is 2.32. The second kappa shape index (κ2) is 4.59. The largest absolute Gasteiger partial charge is 0.404 e. The van der Waals surface area contributed by atoms with Crippen molar-refractivity contribution in [1.29, 1.82) is 0 Å². The topological polar surface area (TPSA) is 52.1 Å². The van der Waals surface area contributed by atoms with Crippen LogP contribution in [0.2, 0.25) is 5.02 Å². The van der Waals surface area contributed by atoms with Gasteiger partial charge in [-0.1, -0.05) is 29.8 Å². The molecule has 0 aliphatic rings. The van der Waals surface area contributed by atoms with Crippen molar-refractivity contribution in [1.82, 2.24) is 8.75 Å². The zero-order valence-electron chi connectivity index (χ0n) is 8.31. The third-order valence-corrected chi connectivity index (χ3v) is 2.67. The van der Waals surface area contributed by atoms with Crippen molar-refractivity contribution in [3.05, 3.63) is 29.3 Å². The number of halogens is 1. The average Bonchev–Trinajstić information content (AvgIpc) is 2.66. The molecule has 0 saturated carbocycles. The molecule has 0 aliphatic carbocycles. The van der Waals surface area contributed by atoms with E-state index in [2.05, 4.69) is 8.75 Å². The average molecular weight is 255 g/mol. The summed E-state index contributed by atoms with van der Waals surface area (Å²) < 4.78 is 12.9. The van der Waals surface area contributed by atoms with Crippen LogP contribution in [0.25, 0.3) is 11.3 Å². The molecule has 82 valence electrons. The van der Waals surface area contributed by atoms with Gasteiger partial charge in [-0.3, -0.25) is 4.79 Å². The molecule has 4 nitrogen and oxygen atoms in total. The molecule has 0 atom stereocenters. The van der Waals surface area contributed by atoms with Crippen LogP contribution in [0.3, 0.4) is 0 Å². The molecule has 0 amide bonds. The van der Waals surface area contributed by atoms with Crippen molar-refractivity contribution >= 4 is 29.3 Å². The van der Waals surface area contributed by atoms with Gasteiger partial charge in [0.15, 0.2) is 0 Å². The number of benzene rings is 1. The SMILES string of the molecule is CC(=O)Oc1nsnc1-c1ccccc1Cl. The summed E-state index contributed by atoms with van der Waals surface area (Å²) in [5, 5.41) is 0.545. The monoisotopic (exact) mass is 254 g/mol. The Bertz CT molecular complexity index is 527. The molecule has 0 radical (unpaired) electrons. The van der Waals surface area contributed by atoms with E-state index in [0.29, 0.717) is 16.3 Å². The van der Waals surface area contributed by atoms with Gasteiger partial charge in [0.1, 0.15) is 5.69 Å². The zero-order valence-corrected chi connectivity index (χ0v) is 9.88. The van der Waals surface area contributed by atoms with E-state index in [9.17, 15) is 4.79 Å². The summed E-state index contributed by atoms with van der Waals surface area (Å²) in [6, 6.07) is 7.19. The van der Waals surface area contributed by atoms with E-state index in [1.54, 1.807) is 12.1 Å². The molecule has 6 heteroatoms. The number of hydrogen-bond donors (Lipinski definition) is 0. The van der Waals surface area contributed by atoms with E-state index in [1.165, 1.54) is 6.92 Å². The van der Waals surface area contributed by atoms with Gasteiger partial charge in [0.25, 0.3) is 5.88 Å². The van der Waals surface area contributed by atoms with Crippen molar-refractivity contribution in [2.75, 3.05) is 0 Å². The predicted molar refractivity (Wildman–Crippen MR) is 61.7 cm³/mol. The van der Waals surface area contributed by atoms with Gasteiger partial charge in [0.05, 0.1) is 16.8 Å². The maximum absolute atomic E-state index is 10.9. The summed E-state index contributed by atoms with van der Waals surface area (Å²) in [6.45, 7) is 1.32. The quantitative estimate of drug-likeness (QED) is 0.774. The molecule has 2 aromatic rings. The smallest absolute Gasteiger partial charge is 0.309 e. The van der Waals surface area contributed by atoms with Gasteiger partial charge in [-0.25, -0.2) is 0 Å².